The Morgan fingerprint density at radius 2 is 2.00 bits per heavy atom. The molecule has 2 aromatic rings. The number of benzene rings is 1. The molecular formula is C21H29FN3O3+. The number of piperidine rings is 1. The van der Waals surface area contributed by atoms with E-state index in [1.165, 1.54) is 23.5 Å². The maximum Gasteiger partial charge on any atom is 0.356 e. The van der Waals surface area contributed by atoms with Crippen molar-refractivity contribution in [1.82, 2.24) is 4.98 Å². The number of hydrogen-bond donors (Lipinski definition) is 3. The second-order valence-corrected chi connectivity index (χ2v) is 8.01. The van der Waals surface area contributed by atoms with Crippen LogP contribution in [-0.4, -0.2) is 42.6 Å². The molecule has 4 atom stereocenters. The minimum absolute atomic E-state index is 0.137. The number of rotatable bonds is 5. The third-order valence-corrected chi connectivity index (χ3v) is 5.52. The summed E-state index contributed by atoms with van der Waals surface area (Å²) >= 11 is 0. The van der Waals surface area contributed by atoms with E-state index < -0.39 is 11.8 Å². The van der Waals surface area contributed by atoms with Crippen molar-refractivity contribution in [1.29, 1.82) is 0 Å². The van der Waals surface area contributed by atoms with Crippen molar-refractivity contribution >= 4 is 28.5 Å². The highest BCUT2D eigenvalue weighted by Gasteiger charge is 2.33. The quantitative estimate of drug-likeness (QED) is 0.686. The number of likely N-dealkylation sites (tertiary alicyclic amines) is 1. The Hall–Kier alpha value is -2.41. The smallest absolute Gasteiger partial charge is 0.356 e. The van der Waals surface area contributed by atoms with E-state index in [0.29, 0.717) is 22.7 Å². The molecule has 6 nitrogen and oxygen atoms in total. The number of nitrogens with one attached hydrogen (secondary N) is 3. The Labute approximate surface area is 164 Å². The van der Waals surface area contributed by atoms with Crippen LogP contribution in [0.15, 0.2) is 18.2 Å². The van der Waals surface area contributed by atoms with Crippen molar-refractivity contribution in [3.8, 4) is 0 Å². The fourth-order valence-electron chi connectivity index (χ4n) is 4.25. The Morgan fingerprint density at radius 1 is 1.32 bits per heavy atom. The van der Waals surface area contributed by atoms with E-state index in [9.17, 15) is 14.0 Å². The lowest BCUT2D eigenvalue weighted by Gasteiger charge is -2.35. The van der Waals surface area contributed by atoms with Crippen LogP contribution in [0.3, 0.4) is 0 Å². The third-order valence-electron chi connectivity index (χ3n) is 5.52. The molecule has 1 fully saturated rings. The number of H-pyrrole nitrogens is 1. The predicted octanol–water partition coefficient (Wildman–Crippen LogP) is 2.37. The Balaban J connectivity index is 1.89. The first-order valence-corrected chi connectivity index (χ1v) is 9.93. The zero-order chi connectivity index (χ0) is 20.4. The molecule has 7 heteroatoms. The zero-order valence-electron chi connectivity index (χ0n) is 16.9. The highest BCUT2D eigenvalue weighted by molar-refractivity contribution is 6.11. The van der Waals surface area contributed by atoms with Crippen LogP contribution < -0.4 is 10.2 Å². The van der Waals surface area contributed by atoms with Gasteiger partial charge in [0.2, 0.25) is 0 Å². The average Bonchev–Trinajstić information content (AvgIpc) is 2.98. The van der Waals surface area contributed by atoms with Crippen molar-refractivity contribution in [3.63, 3.8) is 0 Å². The molecular weight excluding hydrogens is 361 g/mol. The van der Waals surface area contributed by atoms with Gasteiger partial charge < -0.3 is 19.9 Å². The fraction of sp³-hybridized carbons (Fsp3) is 0.524. The lowest BCUT2D eigenvalue weighted by atomic mass is 9.91. The van der Waals surface area contributed by atoms with E-state index in [-0.39, 0.29) is 29.9 Å². The molecule has 28 heavy (non-hydrogen) atoms. The van der Waals surface area contributed by atoms with Crippen LogP contribution in [0.25, 0.3) is 10.9 Å². The SMILES string of the molecule is CCOC(=O)c1[nH]c2ccc(F)cc2c1NC(=O)[C@@H](C)[NH+]1C[C@H](C)C[C@H](C)C1. The van der Waals surface area contributed by atoms with Crippen LogP contribution in [-0.2, 0) is 9.53 Å². The highest BCUT2D eigenvalue weighted by atomic mass is 19.1. The molecule has 1 aliphatic heterocycles. The van der Waals surface area contributed by atoms with Gasteiger partial charge >= 0.3 is 5.97 Å². The normalized spacial score (nSPS) is 23.4. The van der Waals surface area contributed by atoms with Crippen LogP contribution in [0.4, 0.5) is 10.1 Å². The molecule has 1 unspecified atom stereocenters. The number of anilines is 1. The summed E-state index contributed by atoms with van der Waals surface area (Å²) in [5.41, 5.74) is 0.987. The van der Waals surface area contributed by atoms with E-state index in [2.05, 4.69) is 24.1 Å². The molecule has 0 saturated carbocycles. The van der Waals surface area contributed by atoms with Gasteiger partial charge in [-0.25, -0.2) is 9.18 Å². The van der Waals surface area contributed by atoms with Gasteiger partial charge in [-0.2, -0.15) is 0 Å². The second kappa shape index (κ2) is 8.31. The van der Waals surface area contributed by atoms with Crippen molar-refractivity contribution in [2.24, 2.45) is 11.8 Å². The van der Waals surface area contributed by atoms with Crippen molar-refractivity contribution < 1.29 is 23.6 Å². The number of amides is 1. The summed E-state index contributed by atoms with van der Waals surface area (Å²) in [7, 11) is 0. The summed E-state index contributed by atoms with van der Waals surface area (Å²) in [6.45, 7) is 10.1. The Bertz CT molecular complexity index is 869. The summed E-state index contributed by atoms with van der Waals surface area (Å²) < 4.78 is 18.9. The highest BCUT2D eigenvalue weighted by Crippen LogP contribution is 2.29. The molecule has 0 aliphatic carbocycles. The molecule has 1 aromatic heterocycles. The zero-order valence-corrected chi connectivity index (χ0v) is 16.9. The number of hydrogen-bond acceptors (Lipinski definition) is 3. The first-order valence-electron chi connectivity index (χ1n) is 9.93. The van der Waals surface area contributed by atoms with Crippen LogP contribution in [0, 0.1) is 17.7 Å². The summed E-state index contributed by atoms with van der Waals surface area (Å²) in [4.78, 5) is 29.5. The van der Waals surface area contributed by atoms with E-state index >= 15 is 0 Å². The Morgan fingerprint density at radius 3 is 2.64 bits per heavy atom. The summed E-state index contributed by atoms with van der Waals surface area (Å²) in [6.07, 6.45) is 1.17. The van der Waals surface area contributed by atoms with Crippen molar-refractivity contribution in [2.75, 3.05) is 25.0 Å². The number of halogens is 1. The van der Waals surface area contributed by atoms with E-state index in [1.54, 1.807) is 13.0 Å². The van der Waals surface area contributed by atoms with E-state index in [1.807, 2.05) is 6.92 Å². The number of carbonyl (C=O) groups excluding carboxylic acids is 2. The summed E-state index contributed by atoms with van der Waals surface area (Å²) in [6, 6.07) is 3.89. The molecule has 3 N–H and O–H groups in total. The molecule has 0 bridgehead atoms. The van der Waals surface area contributed by atoms with Crippen molar-refractivity contribution in [2.45, 2.75) is 40.2 Å². The number of ether oxygens (including phenoxy) is 1. The fourth-order valence-corrected chi connectivity index (χ4v) is 4.25. The van der Waals surface area contributed by atoms with Gasteiger partial charge in [0.15, 0.2) is 6.04 Å². The topological polar surface area (TPSA) is 75.6 Å². The first-order chi connectivity index (χ1) is 13.3. The number of esters is 1. The summed E-state index contributed by atoms with van der Waals surface area (Å²) in [5.74, 6) is -0.0750. The molecule has 1 aromatic carbocycles. The largest absolute Gasteiger partial charge is 0.461 e. The molecule has 1 aliphatic rings. The monoisotopic (exact) mass is 390 g/mol. The maximum atomic E-state index is 13.8. The van der Waals surface area contributed by atoms with Gasteiger partial charge in [0.05, 0.1) is 25.4 Å². The molecule has 1 saturated heterocycles. The maximum absolute atomic E-state index is 13.8. The third kappa shape index (κ3) is 4.19. The summed E-state index contributed by atoms with van der Waals surface area (Å²) in [5, 5.41) is 3.33. The van der Waals surface area contributed by atoms with Gasteiger partial charge in [-0.3, -0.25) is 4.79 Å². The second-order valence-electron chi connectivity index (χ2n) is 8.01. The lowest BCUT2D eigenvalue weighted by Crippen LogP contribution is -3.18. The van der Waals surface area contributed by atoms with Crippen LogP contribution in [0.1, 0.15) is 44.6 Å². The van der Waals surface area contributed by atoms with E-state index in [4.69, 9.17) is 4.74 Å². The molecule has 0 spiro atoms. The first kappa shape index (κ1) is 20.3. The minimum atomic E-state index is -0.574. The Kier molecular flexibility index (Phi) is 6.03. The molecule has 0 radical (unpaired) electrons. The number of aromatic amines is 1. The number of fused-ring (bicyclic) bond motifs is 1. The van der Waals surface area contributed by atoms with Gasteiger partial charge in [0.25, 0.3) is 5.91 Å². The molecule has 2 heterocycles. The predicted molar refractivity (Wildman–Crippen MR) is 106 cm³/mol. The average molecular weight is 390 g/mol. The lowest BCUT2D eigenvalue weighted by molar-refractivity contribution is -0.925. The van der Waals surface area contributed by atoms with Crippen LogP contribution in [0.5, 0.6) is 0 Å². The van der Waals surface area contributed by atoms with Gasteiger partial charge in [0, 0.05) is 22.7 Å². The number of carbonyl (C=O) groups is 2. The van der Waals surface area contributed by atoms with Crippen molar-refractivity contribution in [3.05, 3.63) is 29.7 Å². The molecule has 1 amide bonds. The van der Waals surface area contributed by atoms with E-state index in [0.717, 1.165) is 13.1 Å². The minimum Gasteiger partial charge on any atom is -0.461 e. The number of quaternary nitrogens is 1. The van der Waals surface area contributed by atoms with Crippen LogP contribution >= 0.6 is 0 Å². The van der Waals surface area contributed by atoms with Gasteiger partial charge in [-0.1, -0.05) is 13.8 Å². The standard InChI is InChI=1S/C21H28FN3O3/c1-5-28-21(27)19-18(16-9-15(22)6-7-17(16)23-19)24-20(26)14(4)25-10-12(2)8-13(3)11-25/h6-7,9,12-14,23H,5,8,10-11H2,1-4H3,(H,24,26)/p+1/t12-,13+,14-/m1/s1. The van der Waals surface area contributed by atoms with Gasteiger partial charge in [-0.05, 0) is 38.5 Å². The van der Waals surface area contributed by atoms with Gasteiger partial charge in [0.1, 0.15) is 11.5 Å². The number of aromatic nitrogens is 1. The van der Waals surface area contributed by atoms with Gasteiger partial charge in [-0.15, -0.1) is 0 Å². The van der Waals surface area contributed by atoms with Crippen LogP contribution in [0.2, 0.25) is 0 Å². The molecule has 152 valence electrons. The molecule has 3 rings (SSSR count).